The molecule has 0 radical (unpaired) electrons. The van der Waals surface area contributed by atoms with Gasteiger partial charge in [-0.1, -0.05) is 6.07 Å². The summed E-state index contributed by atoms with van der Waals surface area (Å²) in [5.41, 5.74) is 2.19. The second-order valence-corrected chi connectivity index (χ2v) is 4.23. The van der Waals surface area contributed by atoms with Gasteiger partial charge in [-0.2, -0.15) is 0 Å². The van der Waals surface area contributed by atoms with Gasteiger partial charge in [-0.15, -0.1) is 0 Å². The van der Waals surface area contributed by atoms with Crippen molar-refractivity contribution in [3.05, 3.63) is 35.1 Å². The second kappa shape index (κ2) is 5.25. The lowest BCUT2D eigenvalue weighted by Crippen LogP contribution is -2.21. The Bertz CT molecular complexity index is 417. The first-order valence-electron chi connectivity index (χ1n) is 5.66. The van der Waals surface area contributed by atoms with Gasteiger partial charge in [0.15, 0.2) is 0 Å². The van der Waals surface area contributed by atoms with Gasteiger partial charge in [0.2, 0.25) is 0 Å². The number of hydroxylamine groups is 1. The van der Waals surface area contributed by atoms with Crippen LogP contribution >= 0.6 is 0 Å². The van der Waals surface area contributed by atoms with Gasteiger partial charge in [-0.05, 0) is 38.1 Å². The second-order valence-electron chi connectivity index (χ2n) is 4.23. The zero-order chi connectivity index (χ0) is 12.3. The van der Waals surface area contributed by atoms with Crippen molar-refractivity contribution in [3.8, 4) is 0 Å². The maximum absolute atomic E-state index is 13.7. The molecule has 1 aliphatic rings. The molecule has 92 valence electrons. The number of amides is 1. The Labute approximate surface area is 99.0 Å². The van der Waals surface area contributed by atoms with Crippen molar-refractivity contribution in [2.24, 2.45) is 0 Å². The smallest absolute Gasteiger partial charge is 0.274 e. The first kappa shape index (κ1) is 12.0. The molecule has 1 aliphatic heterocycles. The van der Waals surface area contributed by atoms with Crippen LogP contribution in [0.3, 0.4) is 0 Å². The molecule has 0 unspecified atom stereocenters. The van der Waals surface area contributed by atoms with E-state index in [0.717, 1.165) is 32.0 Å². The number of nitrogens with zero attached hydrogens (tertiary/aromatic N) is 1. The molecule has 1 aromatic rings. The van der Waals surface area contributed by atoms with Gasteiger partial charge in [-0.25, -0.2) is 9.87 Å². The van der Waals surface area contributed by atoms with Gasteiger partial charge in [-0.3, -0.25) is 14.9 Å². The number of benzene rings is 1. The lowest BCUT2D eigenvalue weighted by Gasteiger charge is -2.15. The minimum absolute atomic E-state index is 0.121. The molecule has 1 aromatic carbocycles. The number of likely N-dealkylation sites (tertiary alicyclic amines) is 1. The number of halogens is 1. The van der Waals surface area contributed by atoms with Gasteiger partial charge in [0.1, 0.15) is 5.82 Å². The van der Waals surface area contributed by atoms with Crippen molar-refractivity contribution in [1.29, 1.82) is 0 Å². The zero-order valence-corrected chi connectivity index (χ0v) is 9.45. The number of hydrogen-bond acceptors (Lipinski definition) is 3. The molecule has 0 saturated carbocycles. The molecular weight excluding hydrogens is 223 g/mol. The van der Waals surface area contributed by atoms with Crippen LogP contribution in [0.2, 0.25) is 0 Å². The van der Waals surface area contributed by atoms with E-state index in [1.807, 2.05) is 0 Å². The Balaban J connectivity index is 2.10. The normalized spacial score (nSPS) is 16.1. The Kier molecular flexibility index (Phi) is 3.71. The molecule has 0 spiro atoms. The molecule has 4 nitrogen and oxygen atoms in total. The molecule has 2 N–H and O–H groups in total. The lowest BCUT2D eigenvalue weighted by molar-refractivity contribution is 0.0706. The molecule has 1 amide bonds. The number of hydrogen-bond donors (Lipinski definition) is 2. The van der Waals surface area contributed by atoms with Crippen LogP contribution in [-0.2, 0) is 6.54 Å². The fraction of sp³-hybridized carbons (Fsp3) is 0.417. The van der Waals surface area contributed by atoms with E-state index in [1.165, 1.54) is 11.5 Å². The third-order valence-corrected chi connectivity index (χ3v) is 3.01. The molecule has 17 heavy (non-hydrogen) atoms. The van der Waals surface area contributed by atoms with E-state index in [2.05, 4.69) is 4.90 Å². The Morgan fingerprint density at radius 2 is 2.12 bits per heavy atom. The van der Waals surface area contributed by atoms with E-state index in [4.69, 9.17) is 5.21 Å². The molecule has 1 heterocycles. The molecule has 1 saturated heterocycles. The van der Waals surface area contributed by atoms with Crippen LogP contribution < -0.4 is 5.48 Å². The van der Waals surface area contributed by atoms with Crippen LogP contribution in [0.4, 0.5) is 4.39 Å². The number of carbonyl (C=O) groups is 1. The van der Waals surface area contributed by atoms with E-state index in [0.29, 0.717) is 12.1 Å². The fourth-order valence-corrected chi connectivity index (χ4v) is 2.06. The maximum atomic E-state index is 13.7. The van der Waals surface area contributed by atoms with Gasteiger partial charge < -0.3 is 0 Å². The standard InChI is InChI=1S/C12H15FN2O2/c13-11-7-9(12(16)14-17)3-4-10(11)8-15-5-1-2-6-15/h3-4,7,17H,1-2,5-6,8H2,(H,14,16). The van der Waals surface area contributed by atoms with E-state index in [9.17, 15) is 9.18 Å². The molecule has 1 fully saturated rings. The summed E-state index contributed by atoms with van der Waals surface area (Å²) >= 11 is 0. The monoisotopic (exact) mass is 238 g/mol. The highest BCUT2D eigenvalue weighted by Gasteiger charge is 2.15. The summed E-state index contributed by atoms with van der Waals surface area (Å²) in [6.07, 6.45) is 2.32. The van der Waals surface area contributed by atoms with Gasteiger partial charge in [0.05, 0.1) is 0 Å². The summed E-state index contributed by atoms with van der Waals surface area (Å²) in [6, 6.07) is 4.26. The average Bonchev–Trinajstić information content (AvgIpc) is 2.83. The highest BCUT2D eigenvalue weighted by atomic mass is 19.1. The SMILES string of the molecule is O=C(NO)c1ccc(CN2CCCC2)c(F)c1. The largest absolute Gasteiger partial charge is 0.299 e. The average molecular weight is 238 g/mol. The summed E-state index contributed by atoms with van der Waals surface area (Å²) in [6.45, 7) is 2.57. The molecule has 0 atom stereocenters. The van der Waals surface area contributed by atoms with E-state index in [1.54, 1.807) is 6.07 Å². The predicted molar refractivity (Wildman–Crippen MR) is 60.2 cm³/mol. The van der Waals surface area contributed by atoms with Crippen molar-refractivity contribution < 1.29 is 14.4 Å². The van der Waals surface area contributed by atoms with Crippen molar-refractivity contribution in [3.63, 3.8) is 0 Å². The Morgan fingerprint density at radius 1 is 1.41 bits per heavy atom. The summed E-state index contributed by atoms with van der Waals surface area (Å²) in [7, 11) is 0. The maximum Gasteiger partial charge on any atom is 0.274 e. The molecule has 0 bridgehead atoms. The van der Waals surface area contributed by atoms with Crippen LogP contribution in [-0.4, -0.2) is 29.1 Å². The highest BCUT2D eigenvalue weighted by Crippen LogP contribution is 2.16. The number of carbonyl (C=O) groups excluding carboxylic acids is 1. The van der Waals surface area contributed by atoms with E-state index in [-0.39, 0.29) is 5.56 Å². The third-order valence-electron chi connectivity index (χ3n) is 3.01. The molecule has 0 aromatic heterocycles. The van der Waals surface area contributed by atoms with Gasteiger partial charge in [0.25, 0.3) is 5.91 Å². The summed E-state index contributed by atoms with van der Waals surface area (Å²) in [5, 5.41) is 8.45. The predicted octanol–water partition coefficient (Wildman–Crippen LogP) is 1.54. The molecule has 5 heteroatoms. The van der Waals surface area contributed by atoms with Crippen molar-refractivity contribution in [2.75, 3.05) is 13.1 Å². The Hall–Kier alpha value is -1.46. The molecule has 0 aliphatic carbocycles. The van der Waals surface area contributed by atoms with Crippen LogP contribution in [0.5, 0.6) is 0 Å². The van der Waals surface area contributed by atoms with Crippen molar-refractivity contribution >= 4 is 5.91 Å². The Morgan fingerprint density at radius 3 is 2.71 bits per heavy atom. The highest BCUT2D eigenvalue weighted by molar-refractivity contribution is 5.93. The first-order valence-corrected chi connectivity index (χ1v) is 5.66. The van der Waals surface area contributed by atoms with Crippen molar-refractivity contribution in [1.82, 2.24) is 10.4 Å². The third kappa shape index (κ3) is 2.81. The minimum Gasteiger partial charge on any atom is -0.299 e. The molecular formula is C12H15FN2O2. The van der Waals surface area contributed by atoms with Crippen LogP contribution in [0.25, 0.3) is 0 Å². The van der Waals surface area contributed by atoms with Gasteiger partial charge in [0, 0.05) is 17.7 Å². The van der Waals surface area contributed by atoms with Gasteiger partial charge >= 0.3 is 0 Å². The van der Waals surface area contributed by atoms with E-state index < -0.39 is 11.7 Å². The lowest BCUT2D eigenvalue weighted by atomic mass is 10.1. The summed E-state index contributed by atoms with van der Waals surface area (Å²) in [5.74, 6) is -1.10. The first-order chi connectivity index (χ1) is 8.20. The molecule has 2 rings (SSSR count). The quantitative estimate of drug-likeness (QED) is 0.620. The van der Waals surface area contributed by atoms with E-state index >= 15 is 0 Å². The summed E-state index contributed by atoms with van der Waals surface area (Å²) in [4.78, 5) is 13.3. The zero-order valence-electron chi connectivity index (χ0n) is 9.45. The minimum atomic E-state index is -0.698. The van der Waals surface area contributed by atoms with Crippen LogP contribution in [0.15, 0.2) is 18.2 Å². The number of rotatable bonds is 3. The van der Waals surface area contributed by atoms with Crippen LogP contribution in [0, 0.1) is 5.82 Å². The topological polar surface area (TPSA) is 52.6 Å². The number of nitrogens with one attached hydrogen (secondary N) is 1. The summed E-state index contributed by atoms with van der Waals surface area (Å²) < 4.78 is 13.7. The van der Waals surface area contributed by atoms with Crippen molar-refractivity contribution in [2.45, 2.75) is 19.4 Å². The van der Waals surface area contributed by atoms with Crippen LogP contribution in [0.1, 0.15) is 28.8 Å². The fourth-order valence-electron chi connectivity index (χ4n) is 2.06.